The second kappa shape index (κ2) is 4.21. The second-order valence-corrected chi connectivity index (χ2v) is 4.82. The highest BCUT2D eigenvalue weighted by Gasteiger charge is 2.12. The Morgan fingerprint density at radius 1 is 0.941 bits per heavy atom. The van der Waals surface area contributed by atoms with Crippen molar-refractivity contribution in [2.75, 3.05) is 0 Å². The van der Waals surface area contributed by atoms with Crippen molar-refractivity contribution in [3.05, 3.63) is 76.4 Å². The standard InChI is InChI=1S/C17H16/c1-13-10-15-8-5-9-16(17(15)11-13)12-14-6-3-2-4-7-14/h2-9,11H,10,12H2,1H3. The molecule has 0 saturated heterocycles. The molecule has 0 bridgehead atoms. The highest BCUT2D eigenvalue weighted by atomic mass is 14.2. The van der Waals surface area contributed by atoms with Crippen molar-refractivity contribution in [3.63, 3.8) is 0 Å². The van der Waals surface area contributed by atoms with E-state index in [9.17, 15) is 0 Å². The molecule has 0 amide bonds. The van der Waals surface area contributed by atoms with Crippen LogP contribution >= 0.6 is 0 Å². The van der Waals surface area contributed by atoms with Gasteiger partial charge in [0.25, 0.3) is 0 Å². The Kier molecular flexibility index (Phi) is 2.56. The lowest BCUT2D eigenvalue weighted by Crippen LogP contribution is -1.93. The molecule has 1 aliphatic rings. The first-order chi connectivity index (χ1) is 8.33. The van der Waals surface area contributed by atoms with Crippen molar-refractivity contribution in [2.45, 2.75) is 19.8 Å². The maximum atomic E-state index is 2.34. The Morgan fingerprint density at radius 2 is 1.76 bits per heavy atom. The first-order valence-corrected chi connectivity index (χ1v) is 6.15. The van der Waals surface area contributed by atoms with Crippen molar-refractivity contribution in [1.82, 2.24) is 0 Å². The monoisotopic (exact) mass is 220 g/mol. The molecule has 2 aromatic rings. The zero-order valence-electron chi connectivity index (χ0n) is 10.1. The third-order valence-electron chi connectivity index (χ3n) is 3.38. The summed E-state index contributed by atoms with van der Waals surface area (Å²) in [7, 11) is 0. The first kappa shape index (κ1) is 10.3. The fourth-order valence-electron chi connectivity index (χ4n) is 2.57. The number of hydrogen-bond acceptors (Lipinski definition) is 0. The van der Waals surface area contributed by atoms with Gasteiger partial charge in [-0.2, -0.15) is 0 Å². The molecule has 2 aromatic carbocycles. The molecular weight excluding hydrogens is 204 g/mol. The molecule has 0 atom stereocenters. The van der Waals surface area contributed by atoms with Crippen LogP contribution in [0.3, 0.4) is 0 Å². The topological polar surface area (TPSA) is 0 Å². The quantitative estimate of drug-likeness (QED) is 0.710. The average Bonchev–Trinajstić information content (AvgIpc) is 2.72. The zero-order chi connectivity index (χ0) is 11.7. The number of allylic oxidation sites excluding steroid dienone is 1. The minimum absolute atomic E-state index is 1.04. The Labute approximate surface area is 103 Å². The maximum absolute atomic E-state index is 2.34. The van der Waals surface area contributed by atoms with Crippen molar-refractivity contribution >= 4 is 6.08 Å². The lowest BCUT2D eigenvalue weighted by molar-refractivity contribution is 1.15. The van der Waals surface area contributed by atoms with Crippen LogP contribution in [0.1, 0.15) is 29.2 Å². The van der Waals surface area contributed by atoms with Gasteiger partial charge in [-0.1, -0.05) is 60.2 Å². The van der Waals surface area contributed by atoms with Crippen LogP contribution in [0.25, 0.3) is 6.08 Å². The summed E-state index contributed by atoms with van der Waals surface area (Å²) < 4.78 is 0. The molecule has 0 aromatic heterocycles. The number of rotatable bonds is 2. The van der Waals surface area contributed by atoms with Gasteiger partial charge >= 0.3 is 0 Å². The molecule has 0 heterocycles. The average molecular weight is 220 g/mol. The minimum Gasteiger partial charge on any atom is -0.0683 e. The van der Waals surface area contributed by atoms with Crippen LogP contribution in [0.2, 0.25) is 0 Å². The summed E-state index contributed by atoms with van der Waals surface area (Å²) in [6.07, 6.45) is 4.50. The molecule has 84 valence electrons. The van der Waals surface area contributed by atoms with Gasteiger partial charge in [0, 0.05) is 0 Å². The molecule has 0 aliphatic heterocycles. The van der Waals surface area contributed by atoms with Gasteiger partial charge in [0.2, 0.25) is 0 Å². The Bertz CT molecular complexity index is 562. The molecule has 0 nitrogen and oxygen atoms in total. The summed E-state index contributed by atoms with van der Waals surface area (Å²) >= 11 is 0. The van der Waals surface area contributed by atoms with E-state index in [2.05, 4.69) is 61.5 Å². The van der Waals surface area contributed by atoms with E-state index in [1.807, 2.05) is 0 Å². The summed E-state index contributed by atoms with van der Waals surface area (Å²) in [5, 5.41) is 0. The normalized spacial score (nSPS) is 13.4. The Morgan fingerprint density at radius 3 is 2.59 bits per heavy atom. The van der Waals surface area contributed by atoms with Gasteiger partial charge in [-0.3, -0.25) is 0 Å². The molecule has 0 N–H and O–H groups in total. The fourth-order valence-corrected chi connectivity index (χ4v) is 2.57. The number of hydrogen-bond donors (Lipinski definition) is 0. The minimum atomic E-state index is 1.04. The third-order valence-corrected chi connectivity index (χ3v) is 3.38. The first-order valence-electron chi connectivity index (χ1n) is 6.15. The molecule has 0 heteroatoms. The molecule has 17 heavy (non-hydrogen) atoms. The van der Waals surface area contributed by atoms with Crippen LogP contribution in [-0.2, 0) is 12.8 Å². The maximum Gasteiger partial charge on any atom is -0.00197 e. The zero-order valence-corrected chi connectivity index (χ0v) is 10.1. The van der Waals surface area contributed by atoms with Gasteiger partial charge in [0.15, 0.2) is 0 Å². The van der Waals surface area contributed by atoms with Crippen molar-refractivity contribution in [1.29, 1.82) is 0 Å². The van der Waals surface area contributed by atoms with E-state index in [0.29, 0.717) is 0 Å². The van der Waals surface area contributed by atoms with Crippen LogP contribution in [0, 0.1) is 0 Å². The van der Waals surface area contributed by atoms with Crippen molar-refractivity contribution in [3.8, 4) is 0 Å². The molecule has 0 saturated carbocycles. The van der Waals surface area contributed by atoms with Gasteiger partial charge in [0.1, 0.15) is 0 Å². The van der Waals surface area contributed by atoms with Crippen LogP contribution in [0.15, 0.2) is 54.1 Å². The lowest BCUT2D eigenvalue weighted by atomic mass is 9.97. The molecule has 0 unspecified atom stereocenters. The summed E-state index contributed by atoms with van der Waals surface area (Å²) in [6.45, 7) is 2.21. The van der Waals surface area contributed by atoms with E-state index < -0.39 is 0 Å². The van der Waals surface area contributed by atoms with Crippen LogP contribution < -0.4 is 0 Å². The van der Waals surface area contributed by atoms with Gasteiger partial charge in [0.05, 0.1) is 0 Å². The van der Waals surface area contributed by atoms with Gasteiger partial charge < -0.3 is 0 Å². The smallest absolute Gasteiger partial charge is 0.00197 e. The molecule has 0 radical (unpaired) electrons. The SMILES string of the molecule is CC1=Cc2c(cccc2Cc2ccccc2)C1. The molecule has 0 spiro atoms. The van der Waals surface area contributed by atoms with E-state index >= 15 is 0 Å². The Hall–Kier alpha value is -1.82. The van der Waals surface area contributed by atoms with E-state index in [-0.39, 0.29) is 0 Å². The summed E-state index contributed by atoms with van der Waals surface area (Å²) in [4.78, 5) is 0. The van der Waals surface area contributed by atoms with Crippen LogP contribution in [0.5, 0.6) is 0 Å². The molecular formula is C17H16. The molecule has 1 aliphatic carbocycles. The Balaban J connectivity index is 1.98. The summed E-state index contributed by atoms with van der Waals surface area (Å²) in [5.41, 5.74) is 7.25. The molecule has 3 rings (SSSR count). The van der Waals surface area contributed by atoms with E-state index in [4.69, 9.17) is 0 Å². The fraction of sp³-hybridized carbons (Fsp3) is 0.176. The van der Waals surface area contributed by atoms with E-state index in [0.717, 1.165) is 12.8 Å². The van der Waals surface area contributed by atoms with Gasteiger partial charge in [-0.15, -0.1) is 0 Å². The molecule has 0 fully saturated rings. The van der Waals surface area contributed by atoms with Crippen LogP contribution in [-0.4, -0.2) is 0 Å². The van der Waals surface area contributed by atoms with Crippen LogP contribution in [0.4, 0.5) is 0 Å². The predicted molar refractivity (Wildman–Crippen MR) is 73.0 cm³/mol. The van der Waals surface area contributed by atoms with Gasteiger partial charge in [-0.25, -0.2) is 0 Å². The lowest BCUT2D eigenvalue weighted by Gasteiger charge is -2.07. The number of benzene rings is 2. The van der Waals surface area contributed by atoms with E-state index in [1.54, 1.807) is 0 Å². The summed E-state index contributed by atoms with van der Waals surface area (Å²) in [5.74, 6) is 0. The number of fused-ring (bicyclic) bond motifs is 1. The highest BCUT2D eigenvalue weighted by molar-refractivity contribution is 5.66. The van der Waals surface area contributed by atoms with E-state index in [1.165, 1.54) is 27.8 Å². The third kappa shape index (κ3) is 2.03. The van der Waals surface area contributed by atoms with Crippen molar-refractivity contribution < 1.29 is 0 Å². The largest absolute Gasteiger partial charge is 0.0683 e. The predicted octanol–water partition coefficient (Wildman–Crippen LogP) is 4.24. The van der Waals surface area contributed by atoms with Crippen molar-refractivity contribution in [2.24, 2.45) is 0 Å². The second-order valence-electron chi connectivity index (χ2n) is 4.82. The highest BCUT2D eigenvalue weighted by Crippen LogP contribution is 2.28. The summed E-state index contributed by atoms with van der Waals surface area (Å²) in [6, 6.07) is 17.4. The van der Waals surface area contributed by atoms with Gasteiger partial charge in [-0.05, 0) is 42.0 Å².